The molecule has 7 nitrogen and oxygen atoms in total. The van der Waals surface area contributed by atoms with Crippen LogP contribution in [0.3, 0.4) is 0 Å². The van der Waals surface area contributed by atoms with E-state index in [9.17, 15) is 19.7 Å². The average molecular weight is 387 g/mol. The Labute approximate surface area is 161 Å². The van der Waals surface area contributed by atoms with Gasteiger partial charge in [0.25, 0.3) is 11.6 Å². The fourth-order valence-corrected chi connectivity index (χ4v) is 3.15. The molecule has 0 aliphatic carbocycles. The first kappa shape index (κ1) is 20.4. The lowest BCUT2D eigenvalue weighted by Crippen LogP contribution is -2.21. The van der Waals surface area contributed by atoms with Gasteiger partial charge in [-0.05, 0) is 36.8 Å². The fourth-order valence-electron chi connectivity index (χ4n) is 2.34. The van der Waals surface area contributed by atoms with Crippen LogP contribution in [0.15, 0.2) is 48.5 Å². The lowest BCUT2D eigenvalue weighted by atomic mass is 10.1. The van der Waals surface area contributed by atoms with E-state index >= 15 is 0 Å². The van der Waals surface area contributed by atoms with E-state index in [1.807, 2.05) is 13.0 Å². The highest BCUT2D eigenvalue weighted by Gasteiger charge is 2.13. The van der Waals surface area contributed by atoms with Gasteiger partial charge in [0.15, 0.2) is 0 Å². The zero-order valence-electron chi connectivity index (χ0n) is 15.3. The molecule has 2 aromatic rings. The van der Waals surface area contributed by atoms with Crippen LogP contribution in [0.4, 0.5) is 11.4 Å². The van der Waals surface area contributed by atoms with E-state index in [0.717, 1.165) is 5.56 Å². The number of rotatable bonds is 7. The number of carbonyl (C=O) groups is 2. The molecule has 0 unspecified atom stereocenters. The van der Waals surface area contributed by atoms with Crippen LogP contribution in [0.2, 0.25) is 0 Å². The summed E-state index contributed by atoms with van der Waals surface area (Å²) in [5.41, 5.74) is 2.00. The Morgan fingerprint density at radius 3 is 2.44 bits per heavy atom. The van der Waals surface area contributed by atoms with Gasteiger partial charge in [-0.25, -0.2) is 0 Å². The number of nitrogens with one attached hydrogen (secondary N) is 1. The van der Waals surface area contributed by atoms with E-state index in [0.29, 0.717) is 11.3 Å². The standard InChI is InChI=1S/C19H21N3O4S/c1-13(15-5-4-6-17(11-15)22(25)26)27-12-18(23)20-16-9-7-14(8-10-16)19(24)21(2)3/h4-11,13H,12H2,1-3H3,(H,20,23)/t13-/m0/s1. The van der Waals surface area contributed by atoms with Crippen LogP contribution in [0, 0.1) is 10.1 Å². The zero-order valence-corrected chi connectivity index (χ0v) is 16.2. The van der Waals surface area contributed by atoms with Crippen LogP contribution < -0.4 is 5.32 Å². The molecular formula is C19H21N3O4S. The molecule has 0 saturated carbocycles. The Balaban J connectivity index is 1.89. The second-order valence-corrected chi connectivity index (χ2v) is 7.46. The third-order valence-corrected chi connectivity index (χ3v) is 5.04. The van der Waals surface area contributed by atoms with E-state index < -0.39 is 4.92 Å². The molecule has 0 bridgehead atoms. The van der Waals surface area contributed by atoms with Gasteiger partial charge in [0.05, 0.1) is 10.7 Å². The van der Waals surface area contributed by atoms with E-state index in [1.165, 1.54) is 28.8 Å². The summed E-state index contributed by atoms with van der Waals surface area (Å²) < 4.78 is 0. The Kier molecular flexibility index (Phi) is 6.95. The molecule has 0 aliphatic heterocycles. The first-order valence-corrected chi connectivity index (χ1v) is 9.30. The number of carbonyl (C=O) groups excluding carboxylic acids is 2. The fraction of sp³-hybridized carbons (Fsp3) is 0.263. The quantitative estimate of drug-likeness (QED) is 0.577. The van der Waals surface area contributed by atoms with Gasteiger partial charge in [-0.1, -0.05) is 12.1 Å². The van der Waals surface area contributed by atoms with Gasteiger partial charge in [0.1, 0.15) is 0 Å². The first-order chi connectivity index (χ1) is 12.8. The van der Waals surface area contributed by atoms with Crippen LogP contribution in [0.25, 0.3) is 0 Å². The third-order valence-electron chi connectivity index (χ3n) is 3.84. The molecule has 0 aromatic heterocycles. The van der Waals surface area contributed by atoms with Crippen LogP contribution in [0.1, 0.15) is 28.1 Å². The largest absolute Gasteiger partial charge is 0.345 e. The van der Waals surface area contributed by atoms with Crippen molar-refractivity contribution in [3.8, 4) is 0 Å². The topological polar surface area (TPSA) is 92.6 Å². The molecule has 142 valence electrons. The normalized spacial score (nSPS) is 11.5. The molecule has 8 heteroatoms. The molecule has 1 atom stereocenters. The maximum atomic E-state index is 12.1. The number of anilines is 1. The van der Waals surface area contributed by atoms with Crippen molar-refractivity contribution in [3.63, 3.8) is 0 Å². The molecule has 0 radical (unpaired) electrons. The number of amides is 2. The Hall–Kier alpha value is -2.87. The van der Waals surface area contributed by atoms with Gasteiger partial charge in [0.2, 0.25) is 5.91 Å². The summed E-state index contributed by atoms with van der Waals surface area (Å²) in [6, 6.07) is 13.1. The molecule has 2 rings (SSSR count). The number of hydrogen-bond donors (Lipinski definition) is 1. The van der Waals surface area contributed by atoms with Crippen LogP contribution in [-0.2, 0) is 4.79 Å². The maximum Gasteiger partial charge on any atom is 0.269 e. The summed E-state index contributed by atoms with van der Waals surface area (Å²) in [6.45, 7) is 1.90. The third kappa shape index (κ3) is 5.82. The lowest BCUT2D eigenvalue weighted by molar-refractivity contribution is -0.384. The van der Waals surface area contributed by atoms with Gasteiger partial charge >= 0.3 is 0 Å². The summed E-state index contributed by atoms with van der Waals surface area (Å²) in [6.07, 6.45) is 0. The highest BCUT2D eigenvalue weighted by atomic mass is 32.2. The first-order valence-electron chi connectivity index (χ1n) is 8.25. The van der Waals surface area contributed by atoms with Crippen molar-refractivity contribution in [3.05, 3.63) is 69.8 Å². The maximum absolute atomic E-state index is 12.1. The van der Waals surface area contributed by atoms with E-state index in [1.54, 1.807) is 44.4 Å². The number of thioether (sulfide) groups is 1. The molecule has 2 amide bonds. The van der Waals surface area contributed by atoms with Gasteiger partial charge in [0, 0.05) is 42.7 Å². The minimum Gasteiger partial charge on any atom is -0.345 e. The van der Waals surface area contributed by atoms with Crippen molar-refractivity contribution >= 4 is 35.0 Å². The minimum atomic E-state index is -0.432. The molecule has 27 heavy (non-hydrogen) atoms. The highest BCUT2D eigenvalue weighted by molar-refractivity contribution is 8.00. The zero-order chi connectivity index (χ0) is 20.0. The van der Waals surface area contributed by atoms with Crippen LogP contribution >= 0.6 is 11.8 Å². The summed E-state index contributed by atoms with van der Waals surface area (Å²) in [4.78, 5) is 35.9. The van der Waals surface area contributed by atoms with E-state index in [4.69, 9.17) is 0 Å². The van der Waals surface area contributed by atoms with Crippen LogP contribution in [-0.4, -0.2) is 41.5 Å². The minimum absolute atomic E-state index is 0.0387. The smallest absolute Gasteiger partial charge is 0.269 e. The number of benzene rings is 2. The second kappa shape index (κ2) is 9.18. The van der Waals surface area contributed by atoms with Crippen molar-refractivity contribution in [2.75, 3.05) is 25.2 Å². The predicted molar refractivity (Wildman–Crippen MR) is 107 cm³/mol. The summed E-state index contributed by atoms with van der Waals surface area (Å²) in [5.74, 6) is -0.0689. The lowest BCUT2D eigenvalue weighted by Gasteiger charge is -2.12. The van der Waals surface area contributed by atoms with Crippen molar-refractivity contribution < 1.29 is 14.5 Å². The number of hydrogen-bond acceptors (Lipinski definition) is 5. The van der Waals surface area contributed by atoms with Crippen molar-refractivity contribution in [2.45, 2.75) is 12.2 Å². The van der Waals surface area contributed by atoms with Crippen molar-refractivity contribution in [2.24, 2.45) is 0 Å². The van der Waals surface area contributed by atoms with Gasteiger partial charge in [-0.15, -0.1) is 11.8 Å². The van der Waals surface area contributed by atoms with E-state index in [-0.39, 0.29) is 28.5 Å². The van der Waals surface area contributed by atoms with Gasteiger partial charge in [-0.2, -0.15) is 0 Å². The summed E-state index contributed by atoms with van der Waals surface area (Å²) in [5, 5.41) is 13.6. The van der Waals surface area contributed by atoms with Crippen molar-refractivity contribution in [1.29, 1.82) is 0 Å². The molecule has 0 aliphatic rings. The van der Waals surface area contributed by atoms with Crippen molar-refractivity contribution in [1.82, 2.24) is 4.90 Å². The van der Waals surface area contributed by atoms with Gasteiger partial charge in [-0.3, -0.25) is 19.7 Å². The number of non-ortho nitro benzene ring substituents is 1. The highest BCUT2D eigenvalue weighted by Crippen LogP contribution is 2.30. The summed E-state index contributed by atoms with van der Waals surface area (Å²) in [7, 11) is 3.36. The average Bonchev–Trinajstić information content (AvgIpc) is 2.66. The molecule has 2 aromatic carbocycles. The molecule has 0 saturated heterocycles. The van der Waals surface area contributed by atoms with Crippen LogP contribution in [0.5, 0.6) is 0 Å². The predicted octanol–water partition coefficient (Wildman–Crippen LogP) is 3.73. The Bertz CT molecular complexity index is 837. The number of nitrogens with zero attached hydrogens (tertiary/aromatic N) is 2. The Morgan fingerprint density at radius 2 is 1.85 bits per heavy atom. The Morgan fingerprint density at radius 1 is 1.19 bits per heavy atom. The molecule has 0 heterocycles. The number of nitro groups is 1. The SMILES string of the molecule is C[C@H](SCC(=O)Nc1ccc(C(=O)N(C)C)cc1)c1cccc([N+](=O)[O-])c1. The molecule has 1 N–H and O–H groups in total. The van der Waals surface area contributed by atoms with E-state index in [2.05, 4.69) is 5.32 Å². The molecular weight excluding hydrogens is 366 g/mol. The number of nitro benzene ring substituents is 1. The summed E-state index contributed by atoms with van der Waals surface area (Å²) >= 11 is 1.39. The molecule has 0 fully saturated rings. The monoisotopic (exact) mass is 387 g/mol. The second-order valence-electron chi connectivity index (χ2n) is 6.13. The van der Waals surface area contributed by atoms with Gasteiger partial charge < -0.3 is 10.2 Å². The molecule has 0 spiro atoms.